The van der Waals surface area contributed by atoms with Crippen LogP contribution in [-0.2, 0) is 9.59 Å². The number of allylic oxidation sites excluding steroid dienone is 1. The van der Waals surface area contributed by atoms with Crippen molar-refractivity contribution in [3.63, 3.8) is 0 Å². The van der Waals surface area contributed by atoms with E-state index >= 15 is 0 Å². The Morgan fingerprint density at radius 3 is 2.25 bits per heavy atom. The first-order valence-corrected chi connectivity index (χ1v) is 7.09. The molecule has 0 aromatic rings. The molecule has 0 atom stereocenters. The number of rotatable bonds is 7. The summed E-state index contributed by atoms with van der Waals surface area (Å²) in [4.78, 5) is 25.3. The number of hydrogen-bond donors (Lipinski definition) is 1. The summed E-state index contributed by atoms with van der Waals surface area (Å²) in [5.74, 6) is -0.924. The second kappa shape index (κ2) is 17.5. The van der Waals surface area contributed by atoms with Crippen molar-refractivity contribution >= 4 is 18.5 Å². The first-order valence-electron chi connectivity index (χ1n) is 7.09. The van der Waals surface area contributed by atoms with Crippen LogP contribution in [0.4, 0.5) is 0 Å². The van der Waals surface area contributed by atoms with Crippen molar-refractivity contribution in [3.05, 3.63) is 12.3 Å². The minimum Gasteiger partial charge on any atom is -0.481 e. The molecule has 5 nitrogen and oxygen atoms in total. The van der Waals surface area contributed by atoms with Gasteiger partial charge in [-0.15, -0.1) is 0 Å². The molecule has 0 spiro atoms. The van der Waals surface area contributed by atoms with Crippen molar-refractivity contribution in [1.29, 1.82) is 0 Å². The highest BCUT2D eigenvalue weighted by Gasteiger charge is 2.14. The van der Waals surface area contributed by atoms with E-state index in [1.807, 2.05) is 19.9 Å². The van der Waals surface area contributed by atoms with Crippen LogP contribution in [0.5, 0.6) is 0 Å². The highest BCUT2D eigenvalue weighted by atomic mass is 16.4. The van der Waals surface area contributed by atoms with Crippen molar-refractivity contribution in [2.24, 2.45) is 4.99 Å². The number of aliphatic imine (C=N–C) groups is 1. The zero-order valence-corrected chi connectivity index (χ0v) is 12.9. The van der Waals surface area contributed by atoms with Gasteiger partial charge in [0.05, 0.1) is 6.42 Å². The van der Waals surface area contributed by atoms with Crippen molar-refractivity contribution in [2.75, 3.05) is 19.6 Å². The van der Waals surface area contributed by atoms with Gasteiger partial charge in [-0.2, -0.15) is 0 Å². The number of carbonyl (C=O) groups is 2. The van der Waals surface area contributed by atoms with Crippen LogP contribution in [0.1, 0.15) is 46.5 Å². The van der Waals surface area contributed by atoms with Gasteiger partial charge in [0.15, 0.2) is 0 Å². The first kappa shape index (κ1) is 20.8. The maximum atomic E-state index is 9.60. The molecule has 1 N–H and O–H groups in total. The number of hydrogen-bond acceptors (Lipinski definition) is 4. The smallest absolute Gasteiger partial charge is 0.303 e. The van der Waals surface area contributed by atoms with Crippen molar-refractivity contribution < 1.29 is 14.7 Å². The largest absolute Gasteiger partial charge is 0.481 e. The zero-order valence-electron chi connectivity index (χ0n) is 12.9. The van der Waals surface area contributed by atoms with E-state index in [-0.39, 0.29) is 12.8 Å². The number of aliphatic carboxylic acids is 1. The summed E-state index contributed by atoms with van der Waals surface area (Å²) < 4.78 is 0. The molecular weight excluding hydrogens is 256 g/mol. The Labute approximate surface area is 122 Å². The molecule has 1 heterocycles. The highest BCUT2D eigenvalue weighted by molar-refractivity contribution is 5.70. The number of carbonyl (C=O) groups excluding carboxylic acids is 1. The summed E-state index contributed by atoms with van der Waals surface area (Å²) in [5, 5.41) is 7.89. The topological polar surface area (TPSA) is 69.7 Å². The van der Waals surface area contributed by atoms with Crippen LogP contribution in [0.3, 0.4) is 0 Å². The van der Waals surface area contributed by atoms with Crippen LogP contribution >= 0.6 is 0 Å². The predicted molar refractivity (Wildman–Crippen MR) is 83.3 cm³/mol. The molecule has 1 saturated heterocycles. The highest BCUT2D eigenvalue weighted by Crippen LogP contribution is 2.04. The van der Waals surface area contributed by atoms with Crippen LogP contribution in [0, 0.1) is 0 Å². The molecule has 0 radical (unpaired) electrons. The number of nitrogens with zero attached hydrogens (tertiary/aromatic N) is 2. The van der Waals surface area contributed by atoms with Crippen molar-refractivity contribution in [3.8, 4) is 0 Å². The van der Waals surface area contributed by atoms with E-state index in [1.54, 1.807) is 12.4 Å². The van der Waals surface area contributed by atoms with E-state index in [1.165, 1.54) is 32.5 Å². The van der Waals surface area contributed by atoms with Gasteiger partial charge >= 0.3 is 5.97 Å². The lowest BCUT2D eigenvalue weighted by Crippen LogP contribution is -1.96. The van der Waals surface area contributed by atoms with Crippen LogP contribution in [0.2, 0.25) is 0 Å². The van der Waals surface area contributed by atoms with Gasteiger partial charge < -0.3 is 14.8 Å². The monoisotopic (exact) mass is 284 g/mol. The Morgan fingerprint density at radius 1 is 1.35 bits per heavy atom. The average Bonchev–Trinajstić information content (AvgIpc) is 3.26. The normalized spacial score (nSPS) is 13.3. The van der Waals surface area contributed by atoms with E-state index in [2.05, 4.69) is 16.8 Å². The number of carboxylic acid groups (broad SMARTS) is 1. The fourth-order valence-electron chi connectivity index (χ4n) is 1.03. The Kier molecular flexibility index (Phi) is 18.2. The molecule has 0 aromatic heterocycles. The molecular formula is C15H28N2O3. The lowest BCUT2D eigenvalue weighted by Gasteiger charge is -1.93. The fraction of sp³-hybridized carbons (Fsp3) is 0.667. The van der Waals surface area contributed by atoms with E-state index in [0.29, 0.717) is 6.29 Å². The lowest BCUT2D eigenvalue weighted by molar-refractivity contribution is -0.137. The van der Waals surface area contributed by atoms with E-state index in [4.69, 9.17) is 5.11 Å². The quantitative estimate of drug-likeness (QED) is 0.443. The average molecular weight is 284 g/mol. The second-order valence-corrected chi connectivity index (χ2v) is 4.18. The third kappa shape index (κ3) is 25.4. The van der Waals surface area contributed by atoms with Crippen LogP contribution < -0.4 is 0 Å². The Bertz CT molecular complexity index is 275. The minimum absolute atomic E-state index is 0.0521. The molecule has 20 heavy (non-hydrogen) atoms. The third-order valence-electron chi connectivity index (χ3n) is 2.23. The number of carboxylic acids is 1. The van der Waals surface area contributed by atoms with E-state index in [9.17, 15) is 9.59 Å². The molecule has 1 aliphatic heterocycles. The summed E-state index contributed by atoms with van der Waals surface area (Å²) in [7, 11) is 0. The molecule has 0 bridgehead atoms. The van der Waals surface area contributed by atoms with Gasteiger partial charge in [0.2, 0.25) is 0 Å². The summed E-state index contributed by atoms with van der Waals surface area (Å²) in [6.07, 6.45) is 8.78. The molecule has 5 heteroatoms. The summed E-state index contributed by atoms with van der Waals surface area (Å²) in [6, 6.07) is 0. The molecule has 1 aliphatic rings. The van der Waals surface area contributed by atoms with Gasteiger partial charge in [-0.25, -0.2) is 0 Å². The molecule has 1 rings (SSSR count). The molecule has 0 amide bonds. The second-order valence-electron chi connectivity index (χ2n) is 4.18. The van der Waals surface area contributed by atoms with E-state index < -0.39 is 5.97 Å². The first-order chi connectivity index (χ1) is 9.62. The maximum Gasteiger partial charge on any atom is 0.303 e. The Hall–Kier alpha value is -1.49. The summed E-state index contributed by atoms with van der Waals surface area (Å²) in [6.45, 7) is 10.1. The molecule has 0 unspecified atom stereocenters. The van der Waals surface area contributed by atoms with Gasteiger partial charge in [0, 0.05) is 31.9 Å². The van der Waals surface area contributed by atoms with Gasteiger partial charge in [0.1, 0.15) is 6.29 Å². The Morgan fingerprint density at radius 2 is 2.00 bits per heavy atom. The number of unbranched alkanes of at least 4 members (excludes halogenated alkanes) is 1. The van der Waals surface area contributed by atoms with Crippen molar-refractivity contribution in [1.82, 2.24) is 4.90 Å². The van der Waals surface area contributed by atoms with Gasteiger partial charge in [-0.1, -0.05) is 19.4 Å². The third-order valence-corrected chi connectivity index (χ3v) is 2.23. The van der Waals surface area contributed by atoms with Crippen LogP contribution in [0.25, 0.3) is 0 Å². The minimum atomic E-state index is -0.924. The van der Waals surface area contributed by atoms with Gasteiger partial charge in [0.25, 0.3) is 0 Å². The van der Waals surface area contributed by atoms with Crippen molar-refractivity contribution in [2.45, 2.75) is 46.5 Å². The molecule has 0 aromatic carbocycles. The summed E-state index contributed by atoms with van der Waals surface area (Å²) >= 11 is 0. The van der Waals surface area contributed by atoms with Crippen LogP contribution in [-0.4, -0.2) is 48.1 Å². The lowest BCUT2D eigenvalue weighted by atomic mass is 10.3. The SMILES string of the molecule is CC=N/C=C\C.CCCCN1CC1.O=CCCC(=O)O. The fourth-order valence-corrected chi connectivity index (χ4v) is 1.03. The van der Waals surface area contributed by atoms with Gasteiger partial charge in [-0.05, 0) is 26.8 Å². The number of aldehydes is 1. The maximum absolute atomic E-state index is 9.60. The van der Waals surface area contributed by atoms with E-state index in [0.717, 1.165) is 0 Å². The zero-order chi connectivity index (χ0) is 15.6. The Balaban J connectivity index is 0. The standard InChI is InChI=1S/C6H13N.C5H9N.C4H6O3/c1-2-3-4-7-5-6-7;1-3-5-6-4-2;5-3-1-2-4(6)7/h2-6H2,1H3;3-5H,1-2H3;3H,1-2H2,(H,6,7)/b;5-3-,6-4?;. The van der Waals surface area contributed by atoms with Gasteiger partial charge in [-0.3, -0.25) is 9.79 Å². The predicted octanol–water partition coefficient (Wildman–Crippen LogP) is 2.76. The van der Waals surface area contributed by atoms with Crippen LogP contribution in [0.15, 0.2) is 17.3 Å². The molecule has 0 aliphatic carbocycles. The molecule has 1 fully saturated rings. The molecule has 0 saturated carbocycles. The summed E-state index contributed by atoms with van der Waals surface area (Å²) in [5.41, 5.74) is 0. The molecule has 116 valence electrons.